The molecule has 0 bridgehead atoms. The third kappa shape index (κ3) is 3.81. The molecule has 0 aromatic rings. The van der Waals surface area contributed by atoms with E-state index in [4.69, 9.17) is 5.11 Å². The molecule has 5 nitrogen and oxygen atoms in total. The number of nitrogens with one attached hydrogen (secondary N) is 2. The first-order valence-corrected chi connectivity index (χ1v) is 5.76. The average Bonchev–Trinajstić information content (AvgIpc) is 2.65. The lowest BCUT2D eigenvalue weighted by molar-refractivity contribution is -0.143. The fourth-order valence-corrected chi connectivity index (χ4v) is 1.90. The Kier molecular flexibility index (Phi) is 4.73. The van der Waals surface area contributed by atoms with Crippen molar-refractivity contribution in [2.45, 2.75) is 45.2 Å². The van der Waals surface area contributed by atoms with Crippen LogP contribution >= 0.6 is 0 Å². The molecule has 1 heterocycles. The Bertz CT molecular complexity index is 260. The van der Waals surface area contributed by atoms with Crippen molar-refractivity contribution < 1.29 is 14.7 Å². The maximum atomic E-state index is 11.6. The van der Waals surface area contributed by atoms with Gasteiger partial charge in [-0.1, -0.05) is 13.8 Å². The van der Waals surface area contributed by atoms with Crippen molar-refractivity contribution in [1.29, 1.82) is 0 Å². The second kappa shape index (κ2) is 5.84. The number of aliphatic carboxylic acids is 1. The van der Waals surface area contributed by atoms with Crippen molar-refractivity contribution in [3.8, 4) is 0 Å². The Balaban J connectivity index is 2.38. The number of carbonyl (C=O) groups excluding carboxylic acids is 1. The highest BCUT2D eigenvalue weighted by Gasteiger charge is 2.25. The minimum atomic E-state index is -0.970. The Morgan fingerprint density at radius 3 is 2.62 bits per heavy atom. The van der Waals surface area contributed by atoms with Crippen molar-refractivity contribution >= 4 is 11.9 Å². The summed E-state index contributed by atoms with van der Waals surface area (Å²) in [7, 11) is 0. The van der Waals surface area contributed by atoms with E-state index < -0.39 is 12.0 Å². The average molecular weight is 228 g/mol. The van der Waals surface area contributed by atoms with Crippen molar-refractivity contribution in [2.75, 3.05) is 6.54 Å². The molecule has 1 aliphatic heterocycles. The highest BCUT2D eigenvalue weighted by Crippen LogP contribution is 2.09. The van der Waals surface area contributed by atoms with Crippen LogP contribution in [0.4, 0.5) is 0 Å². The fraction of sp³-hybridized carbons (Fsp3) is 0.818. The van der Waals surface area contributed by atoms with E-state index in [2.05, 4.69) is 10.6 Å². The maximum absolute atomic E-state index is 11.6. The largest absolute Gasteiger partial charge is 0.480 e. The minimum absolute atomic E-state index is 0.0991. The van der Waals surface area contributed by atoms with E-state index in [0.717, 1.165) is 19.4 Å². The van der Waals surface area contributed by atoms with Gasteiger partial charge in [0, 0.05) is 12.5 Å². The number of hydrogen-bond acceptors (Lipinski definition) is 3. The van der Waals surface area contributed by atoms with E-state index in [1.807, 2.05) is 0 Å². The molecule has 2 atom stereocenters. The second-order valence-corrected chi connectivity index (χ2v) is 4.62. The monoisotopic (exact) mass is 228 g/mol. The van der Waals surface area contributed by atoms with E-state index >= 15 is 0 Å². The molecule has 0 aromatic heterocycles. The normalized spacial score (nSPS) is 22.1. The third-order valence-corrected chi connectivity index (χ3v) is 2.84. The molecule has 5 heteroatoms. The van der Waals surface area contributed by atoms with Crippen LogP contribution in [0.1, 0.15) is 33.1 Å². The maximum Gasteiger partial charge on any atom is 0.326 e. The number of rotatable bonds is 5. The van der Waals surface area contributed by atoms with Gasteiger partial charge in [-0.3, -0.25) is 4.79 Å². The minimum Gasteiger partial charge on any atom is -0.480 e. The van der Waals surface area contributed by atoms with Crippen LogP contribution in [0, 0.1) is 5.92 Å². The predicted molar refractivity (Wildman–Crippen MR) is 60.0 cm³/mol. The molecule has 1 saturated heterocycles. The molecule has 3 N–H and O–H groups in total. The van der Waals surface area contributed by atoms with Crippen LogP contribution in [0.25, 0.3) is 0 Å². The fourth-order valence-electron chi connectivity index (χ4n) is 1.90. The molecule has 92 valence electrons. The van der Waals surface area contributed by atoms with Crippen LogP contribution in [-0.4, -0.2) is 35.6 Å². The Hall–Kier alpha value is -1.10. The second-order valence-electron chi connectivity index (χ2n) is 4.62. The van der Waals surface area contributed by atoms with Gasteiger partial charge in [0.25, 0.3) is 0 Å². The smallest absolute Gasteiger partial charge is 0.326 e. The van der Waals surface area contributed by atoms with E-state index in [9.17, 15) is 9.59 Å². The zero-order chi connectivity index (χ0) is 12.1. The molecule has 0 spiro atoms. The highest BCUT2D eigenvalue weighted by molar-refractivity contribution is 5.84. The summed E-state index contributed by atoms with van der Waals surface area (Å²) in [5.74, 6) is -1.25. The molecule has 1 unspecified atom stereocenters. The van der Waals surface area contributed by atoms with Crippen LogP contribution in [-0.2, 0) is 9.59 Å². The van der Waals surface area contributed by atoms with E-state index in [1.54, 1.807) is 13.8 Å². The SMILES string of the molecule is CC(C)[C@H](NC(=O)CC1CCCN1)C(=O)O. The summed E-state index contributed by atoms with van der Waals surface area (Å²) in [6.07, 6.45) is 2.45. The van der Waals surface area contributed by atoms with Crippen LogP contribution in [0.15, 0.2) is 0 Å². The van der Waals surface area contributed by atoms with Gasteiger partial charge in [0.1, 0.15) is 6.04 Å². The summed E-state index contributed by atoms with van der Waals surface area (Å²) in [5, 5.41) is 14.7. The Labute approximate surface area is 95.6 Å². The number of carboxylic acids is 1. The molecule has 16 heavy (non-hydrogen) atoms. The number of hydrogen-bond donors (Lipinski definition) is 3. The Morgan fingerprint density at radius 2 is 2.19 bits per heavy atom. The van der Waals surface area contributed by atoms with Crippen LogP contribution in [0.5, 0.6) is 0 Å². The van der Waals surface area contributed by atoms with Gasteiger partial charge in [-0.05, 0) is 25.3 Å². The molecule has 1 fully saturated rings. The van der Waals surface area contributed by atoms with Crippen molar-refractivity contribution in [3.63, 3.8) is 0 Å². The molecule has 1 amide bonds. The van der Waals surface area contributed by atoms with Crippen molar-refractivity contribution in [2.24, 2.45) is 5.92 Å². The molecule has 1 aliphatic rings. The van der Waals surface area contributed by atoms with Gasteiger partial charge in [-0.2, -0.15) is 0 Å². The highest BCUT2D eigenvalue weighted by atomic mass is 16.4. The van der Waals surface area contributed by atoms with Crippen LogP contribution < -0.4 is 10.6 Å². The third-order valence-electron chi connectivity index (χ3n) is 2.84. The molecular weight excluding hydrogens is 208 g/mol. The van der Waals surface area contributed by atoms with E-state index in [0.29, 0.717) is 6.42 Å². The van der Waals surface area contributed by atoms with Gasteiger partial charge in [0.05, 0.1) is 0 Å². The van der Waals surface area contributed by atoms with E-state index in [-0.39, 0.29) is 17.9 Å². The summed E-state index contributed by atoms with van der Waals surface area (Å²) < 4.78 is 0. The summed E-state index contributed by atoms with van der Waals surface area (Å²) in [6, 6.07) is -0.574. The topological polar surface area (TPSA) is 78.4 Å². The van der Waals surface area contributed by atoms with E-state index in [1.165, 1.54) is 0 Å². The molecule has 0 aliphatic carbocycles. The first-order valence-electron chi connectivity index (χ1n) is 5.76. The predicted octanol–water partition coefficient (Wildman–Crippen LogP) is 0.354. The lowest BCUT2D eigenvalue weighted by Gasteiger charge is -2.19. The van der Waals surface area contributed by atoms with Gasteiger partial charge >= 0.3 is 5.97 Å². The first kappa shape index (κ1) is 13.0. The summed E-state index contributed by atoms with van der Waals surface area (Å²) in [5.41, 5.74) is 0. The van der Waals surface area contributed by atoms with Gasteiger partial charge in [-0.15, -0.1) is 0 Å². The molecule has 0 saturated carbocycles. The lowest BCUT2D eigenvalue weighted by Crippen LogP contribution is -2.45. The molecule has 1 rings (SSSR count). The van der Waals surface area contributed by atoms with Gasteiger partial charge in [0.2, 0.25) is 5.91 Å². The van der Waals surface area contributed by atoms with Crippen LogP contribution in [0.2, 0.25) is 0 Å². The number of carboxylic acid groups (broad SMARTS) is 1. The van der Waals surface area contributed by atoms with Crippen molar-refractivity contribution in [1.82, 2.24) is 10.6 Å². The number of amides is 1. The molecule has 0 radical (unpaired) electrons. The van der Waals surface area contributed by atoms with Gasteiger partial charge in [0.15, 0.2) is 0 Å². The summed E-state index contributed by atoms with van der Waals surface area (Å²) in [6.45, 7) is 4.52. The summed E-state index contributed by atoms with van der Waals surface area (Å²) in [4.78, 5) is 22.5. The quantitative estimate of drug-likeness (QED) is 0.634. The van der Waals surface area contributed by atoms with Crippen molar-refractivity contribution in [3.05, 3.63) is 0 Å². The van der Waals surface area contributed by atoms with Gasteiger partial charge < -0.3 is 15.7 Å². The van der Waals surface area contributed by atoms with Gasteiger partial charge in [-0.25, -0.2) is 4.79 Å². The Morgan fingerprint density at radius 1 is 1.50 bits per heavy atom. The number of carbonyl (C=O) groups is 2. The van der Waals surface area contributed by atoms with Crippen LogP contribution in [0.3, 0.4) is 0 Å². The summed E-state index contributed by atoms with van der Waals surface area (Å²) >= 11 is 0. The zero-order valence-electron chi connectivity index (χ0n) is 9.82. The lowest BCUT2D eigenvalue weighted by atomic mass is 10.0. The first-order chi connectivity index (χ1) is 7.50. The zero-order valence-corrected chi connectivity index (χ0v) is 9.82. The standard InChI is InChI=1S/C11H20N2O3/c1-7(2)10(11(15)16)13-9(14)6-8-4-3-5-12-8/h7-8,10,12H,3-6H2,1-2H3,(H,13,14)(H,15,16)/t8?,10-/m0/s1. The molecular formula is C11H20N2O3. The molecule has 0 aromatic carbocycles.